The van der Waals surface area contributed by atoms with Crippen molar-refractivity contribution < 1.29 is 18.7 Å². The number of thiophene rings is 1. The third-order valence-electron chi connectivity index (χ3n) is 3.57. The number of amides is 1. The van der Waals surface area contributed by atoms with Gasteiger partial charge in [-0.25, -0.2) is 4.39 Å². The number of carbonyl (C=O) groups excluding carboxylic acids is 1. The molecule has 0 radical (unpaired) electrons. The zero-order valence-electron chi connectivity index (χ0n) is 13.4. The quantitative estimate of drug-likeness (QED) is 0.838. The van der Waals surface area contributed by atoms with E-state index in [9.17, 15) is 9.18 Å². The maximum atomic E-state index is 14.2. The number of nitrogens with one attached hydrogen (secondary N) is 1. The van der Waals surface area contributed by atoms with Crippen LogP contribution >= 0.6 is 11.3 Å². The van der Waals surface area contributed by atoms with Gasteiger partial charge < -0.3 is 14.8 Å². The Morgan fingerprint density at radius 3 is 2.61 bits per heavy atom. The zero-order chi connectivity index (χ0) is 16.8. The van der Waals surface area contributed by atoms with Gasteiger partial charge in [0, 0.05) is 18.1 Å². The largest absolute Gasteiger partial charge is 0.493 e. The highest BCUT2D eigenvalue weighted by Crippen LogP contribution is 2.32. The summed E-state index contributed by atoms with van der Waals surface area (Å²) in [6.07, 6.45) is 1.05. The van der Waals surface area contributed by atoms with Gasteiger partial charge in [-0.3, -0.25) is 4.79 Å². The summed E-state index contributed by atoms with van der Waals surface area (Å²) in [4.78, 5) is 12.0. The highest BCUT2D eigenvalue weighted by molar-refractivity contribution is 7.07. The van der Waals surface area contributed by atoms with Crippen molar-refractivity contribution in [3.8, 4) is 11.5 Å². The van der Waals surface area contributed by atoms with Crippen LogP contribution in [0.25, 0.3) is 0 Å². The van der Waals surface area contributed by atoms with Crippen LogP contribution in [0.1, 0.15) is 30.5 Å². The summed E-state index contributed by atoms with van der Waals surface area (Å²) in [5.41, 5.74) is 1.50. The summed E-state index contributed by atoms with van der Waals surface area (Å²) < 4.78 is 24.4. The summed E-state index contributed by atoms with van der Waals surface area (Å²) in [6, 6.07) is 4.36. The smallest absolute Gasteiger partial charge is 0.220 e. The van der Waals surface area contributed by atoms with E-state index in [1.54, 1.807) is 24.3 Å². The molecule has 1 aromatic heterocycles. The van der Waals surface area contributed by atoms with Crippen LogP contribution in [0.15, 0.2) is 29.0 Å². The summed E-state index contributed by atoms with van der Waals surface area (Å²) in [6.45, 7) is 1.74. The molecule has 4 nitrogen and oxygen atoms in total. The van der Waals surface area contributed by atoms with Crippen LogP contribution < -0.4 is 14.8 Å². The van der Waals surface area contributed by atoms with Crippen LogP contribution in [-0.2, 0) is 11.2 Å². The van der Waals surface area contributed by atoms with Crippen molar-refractivity contribution in [3.05, 3.63) is 45.9 Å². The molecule has 0 aliphatic heterocycles. The molecule has 2 rings (SSSR count). The molecule has 0 bridgehead atoms. The summed E-state index contributed by atoms with van der Waals surface area (Å²) in [5, 5.41) is 6.82. The Hall–Kier alpha value is -2.08. The van der Waals surface area contributed by atoms with Crippen LogP contribution in [0.5, 0.6) is 11.5 Å². The van der Waals surface area contributed by atoms with E-state index in [1.165, 1.54) is 20.3 Å². The lowest BCUT2D eigenvalue weighted by atomic mass is 10.1. The number of benzene rings is 1. The van der Waals surface area contributed by atoms with Crippen LogP contribution in [0.2, 0.25) is 0 Å². The molecule has 1 atom stereocenters. The fourth-order valence-corrected chi connectivity index (χ4v) is 2.99. The van der Waals surface area contributed by atoms with Gasteiger partial charge in [0.15, 0.2) is 11.5 Å². The van der Waals surface area contributed by atoms with Crippen molar-refractivity contribution in [1.82, 2.24) is 5.32 Å². The number of methoxy groups -OCH3 is 2. The number of hydrogen-bond acceptors (Lipinski definition) is 4. The van der Waals surface area contributed by atoms with Gasteiger partial charge >= 0.3 is 0 Å². The molecule has 1 heterocycles. The van der Waals surface area contributed by atoms with Gasteiger partial charge in [0.1, 0.15) is 5.82 Å². The fourth-order valence-electron chi connectivity index (χ4n) is 2.29. The monoisotopic (exact) mass is 337 g/mol. The molecule has 0 saturated carbocycles. The Kier molecular flexibility index (Phi) is 5.98. The molecular formula is C17H20FNO3S. The molecule has 1 N–H and O–H groups in total. The molecule has 1 amide bonds. The first-order valence-corrected chi connectivity index (χ1v) is 8.21. The Morgan fingerprint density at radius 1 is 1.30 bits per heavy atom. The molecule has 0 aliphatic carbocycles. The van der Waals surface area contributed by atoms with Crippen molar-refractivity contribution >= 4 is 17.2 Å². The Morgan fingerprint density at radius 2 is 2.00 bits per heavy atom. The Labute approximate surface area is 139 Å². The van der Waals surface area contributed by atoms with E-state index in [0.717, 1.165) is 5.56 Å². The van der Waals surface area contributed by atoms with E-state index in [1.807, 2.05) is 16.8 Å². The minimum Gasteiger partial charge on any atom is -0.493 e. The van der Waals surface area contributed by atoms with Gasteiger partial charge in [-0.2, -0.15) is 11.3 Å². The van der Waals surface area contributed by atoms with Crippen LogP contribution in [0.4, 0.5) is 4.39 Å². The van der Waals surface area contributed by atoms with Crippen LogP contribution in [0.3, 0.4) is 0 Å². The first-order valence-electron chi connectivity index (χ1n) is 7.27. The van der Waals surface area contributed by atoms with Gasteiger partial charge in [-0.15, -0.1) is 0 Å². The number of rotatable bonds is 7. The molecule has 2 aromatic rings. The van der Waals surface area contributed by atoms with Crippen molar-refractivity contribution in [3.63, 3.8) is 0 Å². The Balaban J connectivity index is 2.02. The molecule has 0 fully saturated rings. The van der Waals surface area contributed by atoms with Crippen molar-refractivity contribution in [1.29, 1.82) is 0 Å². The van der Waals surface area contributed by atoms with Crippen molar-refractivity contribution in [2.45, 2.75) is 25.8 Å². The normalized spacial score (nSPS) is 11.8. The lowest BCUT2D eigenvalue weighted by molar-refractivity contribution is -0.121. The summed E-state index contributed by atoms with van der Waals surface area (Å²) in [5.74, 6) is 0.208. The van der Waals surface area contributed by atoms with Crippen LogP contribution in [-0.4, -0.2) is 20.1 Å². The molecule has 124 valence electrons. The summed E-state index contributed by atoms with van der Waals surface area (Å²) in [7, 11) is 2.94. The third-order valence-corrected chi connectivity index (χ3v) is 4.30. The van der Waals surface area contributed by atoms with E-state index < -0.39 is 11.9 Å². The molecule has 0 unspecified atom stereocenters. The second-order valence-corrected chi connectivity index (χ2v) is 5.93. The van der Waals surface area contributed by atoms with Gasteiger partial charge in [-0.05, 0) is 41.8 Å². The number of halogens is 1. The van der Waals surface area contributed by atoms with E-state index in [2.05, 4.69) is 5.32 Å². The number of carbonyl (C=O) groups is 1. The van der Waals surface area contributed by atoms with E-state index >= 15 is 0 Å². The average molecular weight is 337 g/mol. The minimum atomic E-state index is -0.454. The molecule has 23 heavy (non-hydrogen) atoms. The number of hydrogen-bond donors (Lipinski definition) is 1. The lowest BCUT2D eigenvalue weighted by Gasteiger charge is -2.17. The fraction of sp³-hybridized carbons (Fsp3) is 0.353. The lowest BCUT2D eigenvalue weighted by Crippen LogP contribution is -2.27. The van der Waals surface area contributed by atoms with Crippen molar-refractivity contribution in [2.24, 2.45) is 0 Å². The SMILES string of the molecule is COc1cc(F)c([C@@H](C)NC(=O)CCc2ccsc2)cc1OC. The molecule has 0 spiro atoms. The van der Waals surface area contributed by atoms with Gasteiger partial charge in [-0.1, -0.05) is 0 Å². The predicted molar refractivity (Wildman–Crippen MR) is 88.7 cm³/mol. The van der Waals surface area contributed by atoms with E-state index in [4.69, 9.17) is 9.47 Å². The maximum Gasteiger partial charge on any atom is 0.220 e. The van der Waals surface area contributed by atoms with E-state index in [0.29, 0.717) is 29.9 Å². The van der Waals surface area contributed by atoms with Crippen molar-refractivity contribution in [2.75, 3.05) is 14.2 Å². The Bertz CT molecular complexity index is 658. The first-order chi connectivity index (χ1) is 11.0. The van der Waals surface area contributed by atoms with Gasteiger partial charge in [0.25, 0.3) is 0 Å². The zero-order valence-corrected chi connectivity index (χ0v) is 14.2. The third kappa shape index (κ3) is 4.45. The summed E-state index contributed by atoms with van der Waals surface area (Å²) >= 11 is 1.60. The molecular weight excluding hydrogens is 317 g/mol. The number of ether oxygens (including phenoxy) is 2. The minimum absolute atomic E-state index is 0.113. The van der Waals surface area contributed by atoms with Gasteiger partial charge in [0.2, 0.25) is 5.91 Å². The maximum absolute atomic E-state index is 14.2. The van der Waals surface area contributed by atoms with E-state index in [-0.39, 0.29) is 5.91 Å². The predicted octanol–water partition coefficient (Wildman–Crippen LogP) is 3.71. The molecule has 0 aliphatic rings. The molecule has 1 aromatic carbocycles. The first kappa shape index (κ1) is 17.3. The standard InChI is InChI=1S/C17H20FNO3S/c1-11(19-17(20)5-4-12-6-7-23-10-12)13-8-15(21-2)16(22-3)9-14(13)18/h6-11H,4-5H2,1-3H3,(H,19,20)/t11-/m1/s1. The molecule has 6 heteroatoms. The van der Waals surface area contributed by atoms with Crippen LogP contribution in [0, 0.1) is 5.82 Å². The molecule has 0 saturated heterocycles. The number of aryl methyl sites for hydroxylation is 1. The van der Waals surface area contributed by atoms with Gasteiger partial charge in [0.05, 0.1) is 20.3 Å². The second-order valence-electron chi connectivity index (χ2n) is 5.15. The highest BCUT2D eigenvalue weighted by Gasteiger charge is 2.17. The second kappa shape index (κ2) is 7.97. The topological polar surface area (TPSA) is 47.6 Å². The average Bonchev–Trinajstić information content (AvgIpc) is 3.05. The highest BCUT2D eigenvalue weighted by atomic mass is 32.1.